The fourth-order valence-electron chi connectivity index (χ4n) is 4.52. The van der Waals surface area contributed by atoms with Gasteiger partial charge < -0.3 is 10.6 Å². The summed E-state index contributed by atoms with van der Waals surface area (Å²) in [5.41, 5.74) is 5.05. The Hall–Kier alpha value is -2.46. The van der Waals surface area contributed by atoms with Crippen molar-refractivity contribution in [1.29, 1.82) is 0 Å². The zero-order chi connectivity index (χ0) is 21.5. The SMILES string of the molecule is O=C1CC(c2ccccc2Cl)CC2=C1C(c1c(Cl)cccc1Cl)Nc1ccccc1N2. The van der Waals surface area contributed by atoms with Crippen molar-refractivity contribution in [1.82, 2.24) is 0 Å². The molecule has 2 atom stereocenters. The van der Waals surface area contributed by atoms with E-state index in [-0.39, 0.29) is 11.7 Å². The van der Waals surface area contributed by atoms with Gasteiger partial charge in [-0.2, -0.15) is 0 Å². The molecule has 3 nitrogen and oxygen atoms in total. The van der Waals surface area contributed by atoms with Gasteiger partial charge in [0, 0.05) is 38.3 Å². The smallest absolute Gasteiger partial charge is 0.163 e. The normalized spacial score (nSPS) is 20.3. The molecule has 0 spiro atoms. The average molecular weight is 470 g/mol. The minimum absolute atomic E-state index is 0.0000736. The number of fused-ring (bicyclic) bond motifs is 1. The second-order valence-electron chi connectivity index (χ2n) is 7.83. The van der Waals surface area contributed by atoms with E-state index in [0.29, 0.717) is 39.0 Å². The predicted octanol–water partition coefficient (Wildman–Crippen LogP) is 7.63. The van der Waals surface area contributed by atoms with E-state index in [9.17, 15) is 4.79 Å². The molecule has 3 aromatic carbocycles. The fraction of sp³-hybridized carbons (Fsp3) is 0.160. The van der Waals surface area contributed by atoms with Crippen LogP contribution in [-0.2, 0) is 4.79 Å². The van der Waals surface area contributed by atoms with Crippen molar-refractivity contribution in [2.45, 2.75) is 24.8 Å². The van der Waals surface area contributed by atoms with E-state index < -0.39 is 6.04 Å². The molecule has 0 saturated carbocycles. The van der Waals surface area contributed by atoms with Crippen LogP contribution in [-0.4, -0.2) is 5.78 Å². The maximum Gasteiger partial charge on any atom is 0.163 e. The van der Waals surface area contributed by atoms with Crippen molar-refractivity contribution >= 4 is 52.0 Å². The summed E-state index contributed by atoms with van der Waals surface area (Å²) in [4.78, 5) is 13.6. The van der Waals surface area contributed by atoms with Gasteiger partial charge in [-0.25, -0.2) is 0 Å². The van der Waals surface area contributed by atoms with Gasteiger partial charge in [-0.05, 0) is 48.2 Å². The van der Waals surface area contributed by atoms with Crippen LogP contribution >= 0.6 is 34.8 Å². The molecule has 3 aromatic rings. The summed E-state index contributed by atoms with van der Waals surface area (Å²) < 4.78 is 0. The quantitative estimate of drug-likeness (QED) is 0.405. The third kappa shape index (κ3) is 3.71. The molecule has 2 aliphatic rings. The summed E-state index contributed by atoms with van der Waals surface area (Å²) in [6, 6.07) is 20.6. The molecule has 5 rings (SSSR count). The van der Waals surface area contributed by atoms with Crippen molar-refractivity contribution in [2.75, 3.05) is 10.6 Å². The van der Waals surface area contributed by atoms with Gasteiger partial charge in [0.25, 0.3) is 0 Å². The van der Waals surface area contributed by atoms with Crippen LogP contribution in [0.1, 0.15) is 35.9 Å². The van der Waals surface area contributed by atoms with Gasteiger partial charge in [-0.15, -0.1) is 0 Å². The number of rotatable bonds is 2. The largest absolute Gasteiger partial charge is 0.372 e. The highest BCUT2D eigenvalue weighted by atomic mass is 35.5. The molecular weight excluding hydrogens is 451 g/mol. The van der Waals surface area contributed by atoms with Gasteiger partial charge in [0.2, 0.25) is 0 Å². The van der Waals surface area contributed by atoms with Crippen molar-refractivity contribution in [3.63, 3.8) is 0 Å². The molecule has 31 heavy (non-hydrogen) atoms. The van der Waals surface area contributed by atoms with Gasteiger partial charge in [-0.3, -0.25) is 4.79 Å². The number of benzene rings is 3. The maximum atomic E-state index is 13.6. The van der Waals surface area contributed by atoms with Gasteiger partial charge in [-0.1, -0.05) is 71.2 Å². The molecule has 0 aromatic heterocycles. The number of halogens is 3. The first-order valence-electron chi connectivity index (χ1n) is 10.1. The van der Waals surface area contributed by atoms with E-state index in [4.69, 9.17) is 34.8 Å². The highest BCUT2D eigenvalue weighted by Crippen LogP contribution is 2.47. The van der Waals surface area contributed by atoms with Gasteiger partial charge in [0.05, 0.1) is 17.4 Å². The van der Waals surface area contributed by atoms with E-state index in [0.717, 1.165) is 22.6 Å². The first kappa shape index (κ1) is 20.4. The molecule has 1 heterocycles. The van der Waals surface area contributed by atoms with E-state index in [1.165, 1.54) is 0 Å². The van der Waals surface area contributed by atoms with Crippen molar-refractivity contribution in [3.05, 3.63) is 104 Å². The number of hydrogen-bond donors (Lipinski definition) is 2. The molecule has 1 aliphatic carbocycles. The van der Waals surface area contributed by atoms with Crippen molar-refractivity contribution in [2.24, 2.45) is 0 Å². The minimum atomic E-state index is -0.452. The Kier molecular flexibility index (Phi) is 5.43. The van der Waals surface area contributed by atoms with E-state index in [1.807, 2.05) is 54.6 Å². The highest BCUT2D eigenvalue weighted by Gasteiger charge is 2.37. The summed E-state index contributed by atoms with van der Waals surface area (Å²) in [6.07, 6.45) is 1.04. The standard InChI is InChI=1S/C25H19Cl3N2O/c26-16-7-2-1-6-15(16)14-12-21-24(22(31)13-14)25(23-17(27)8-5-9-18(23)28)30-20-11-4-3-10-19(20)29-21/h1-11,14,25,29-30H,12-13H2. The molecule has 0 saturated heterocycles. The van der Waals surface area contributed by atoms with Crippen LogP contribution in [0.25, 0.3) is 0 Å². The predicted molar refractivity (Wildman–Crippen MR) is 128 cm³/mol. The monoisotopic (exact) mass is 468 g/mol. The number of Topliss-reactive ketones (excluding diaryl/α,β-unsaturated/α-hetero) is 1. The number of nitrogens with one attached hydrogen (secondary N) is 2. The van der Waals surface area contributed by atoms with Gasteiger partial charge in [0.15, 0.2) is 5.78 Å². The Morgan fingerprint density at radius 2 is 1.39 bits per heavy atom. The minimum Gasteiger partial charge on any atom is -0.372 e. The zero-order valence-electron chi connectivity index (χ0n) is 16.5. The summed E-state index contributed by atoms with van der Waals surface area (Å²) >= 11 is 19.6. The maximum absolute atomic E-state index is 13.6. The number of allylic oxidation sites excluding steroid dienone is 1. The number of hydrogen-bond acceptors (Lipinski definition) is 3. The number of carbonyl (C=O) groups excluding carboxylic acids is 1. The highest BCUT2D eigenvalue weighted by molar-refractivity contribution is 6.36. The van der Waals surface area contributed by atoms with E-state index >= 15 is 0 Å². The number of carbonyl (C=O) groups is 1. The van der Waals surface area contributed by atoms with Gasteiger partial charge >= 0.3 is 0 Å². The summed E-state index contributed by atoms with van der Waals surface area (Å²) in [7, 11) is 0. The van der Waals surface area contributed by atoms with Crippen LogP contribution in [0.3, 0.4) is 0 Å². The summed E-state index contributed by atoms with van der Waals surface area (Å²) in [5.74, 6) is 0.0556. The molecule has 0 radical (unpaired) electrons. The number of anilines is 2. The van der Waals surface area contributed by atoms with Crippen LogP contribution in [0.15, 0.2) is 78.0 Å². The Balaban J connectivity index is 1.67. The first-order valence-corrected chi connectivity index (χ1v) is 11.2. The second kappa shape index (κ2) is 8.23. The third-order valence-electron chi connectivity index (χ3n) is 5.94. The van der Waals surface area contributed by atoms with Crippen molar-refractivity contribution < 1.29 is 4.79 Å². The molecule has 2 N–H and O–H groups in total. The number of para-hydroxylation sites is 2. The molecule has 0 bridgehead atoms. The summed E-state index contributed by atoms with van der Waals surface area (Å²) in [5, 5.41) is 8.77. The van der Waals surface area contributed by atoms with Crippen LogP contribution in [0, 0.1) is 0 Å². The number of ketones is 1. The van der Waals surface area contributed by atoms with Crippen molar-refractivity contribution in [3.8, 4) is 0 Å². The lowest BCUT2D eigenvalue weighted by molar-refractivity contribution is -0.116. The molecule has 2 unspecified atom stereocenters. The molecule has 1 aliphatic heterocycles. The molecule has 156 valence electrons. The zero-order valence-corrected chi connectivity index (χ0v) is 18.7. The Labute approximate surface area is 196 Å². The van der Waals surface area contributed by atoms with E-state index in [2.05, 4.69) is 10.6 Å². The molecular formula is C25H19Cl3N2O. The lowest BCUT2D eigenvalue weighted by Gasteiger charge is -2.30. The topological polar surface area (TPSA) is 41.1 Å². The lowest BCUT2D eigenvalue weighted by atomic mass is 9.78. The summed E-state index contributed by atoms with van der Waals surface area (Å²) in [6.45, 7) is 0. The Morgan fingerprint density at radius 3 is 2.13 bits per heavy atom. The molecule has 6 heteroatoms. The average Bonchev–Trinajstić information content (AvgIpc) is 2.91. The van der Waals surface area contributed by atoms with Crippen LogP contribution in [0.2, 0.25) is 15.1 Å². The second-order valence-corrected chi connectivity index (χ2v) is 9.05. The molecule has 0 fully saturated rings. The molecule has 0 amide bonds. The fourth-order valence-corrected chi connectivity index (χ4v) is 5.43. The van der Waals surface area contributed by atoms with Crippen LogP contribution < -0.4 is 10.6 Å². The Bertz CT molecular complexity index is 1200. The Morgan fingerprint density at radius 1 is 0.742 bits per heavy atom. The van der Waals surface area contributed by atoms with Crippen LogP contribution in [0.5, 0.6) is 0 Å². The van der Waals surface area contributed by atoms with Gasteiger partial charge in [0.1, 0.15) is 0 Å². The van der Waals surface area contributed by atoms with Crippen LogP contribution in [0.4, 0.5) is 11.4 Å². The third-order valence-corrected chi connectivity index (χ3v) is 6.95. The van der Waals surface area contributed by atoms with E-state index in [1.54, 1.807) is 12.1 Å². The lowest BCUT2D eigenvalue weighted by Crippen LogP contribution is -2.27. The first-order chi connectivity index (χ1) is 15.0.